The highest BCUT2D eigenvalue weighted by Gasteiger charge is 2.16. The van der Waals surface area contributed by atoms with E-state index in [0.717, 1.165) is 16.7 Å². The Morgan fingerprint density at radius 1 is 1.00 bits per heavy atom. The number of benzene rings is 3. The molecule has 7 nitrogen and oxygen atoms in total. The molecule has 1 aromatic heterocycles. The Bertz CT molecular complexity index is 1420. The lowest BCUT2D eigenvalue weighted by molar-refractivity contribution is 0.102. The van der Waals surface area contributed by atoms with Crippen LogP contribution in [-0.4, -0.2) is 19.5 Å². The average Bonchev–Trinajstić information content (AvgIpc) is 3.23. The molecule has 0 aliphatic rings. The van der Waals surface area contributed by atoms with Gasteiger partial charge in [-0.05, 0) is 61.5 Å². The van der Waals surface area contributed by atoms with E-state index in [9.17, 15) is 17.6 Å². The van der Waals surface area contributed by atoms with Gasteiger partial charge in [0.2, 0.25) is 0 Å². The highest BCUT2D eigenvalue weighted by Crippen LogP contribution is 2.27. The minimum atomic E-state index is -3.91. The second-order valence-corrected chi connectivity index (χ2v) is 10.0. The number of nitrogens with zero attached hydrogens (tertiary/aromatic N) is 1. The topological polar surface area (TPSA) is 101 Å². The van der Waals surface area contributed by atoms with Gasteiger partial charge in [-0.3, -0.25) is 9.52 Å². The van der Waals surface area contributed by atoms with Gasteiger partial charge in [-0.15, -0.1) is 11.8 Å². The third kappa shape index (κ3) is 5.83. The van der Waals surface area contributed by atoms with Crippen molar-refractivity contribution >= 4 is 39.1 Å². The predicted octanol–water partition coefficient (Wildman–Crippen LogP) is 5.47. The number of thioether (sulfide) groups is 1. The number of carbonyl (C=O) groups excluding carboxylic acids is 1. The molecule has 0 unspecified atom stereocenters. The molecule has 34 heavy (non-hydrogen) atoms. The molecule has 0 saturated heterocycles. The van der Waals surface area contributed by atoms with Crippen LogP contribution in [0.5, 0.6) is 0 Å². The van der Waals surface area contributed by atoms with Crippen LogP contribution in [-0.2, 0) is 15.8 Å². The van der Waals surface area contributed by atoms with E-state index >= 15 is 0 Å². The van der Waals surface area contributed by atoms with E-state index in [2.05, 4.69) is 15.2 Å². The predicted molar refractivity (Wildman–Crippen MR) is 129 cm³/mol. The Hall–Kier alpha value is -3.63. The molecule has 10 heteroatoms. The van der Waals surface area contributed by atoms with Gasteiger partial charge in [-0.2, -0.15) is 0 Å². The number of sulfonamides is 1. The van der Waals surface area contributed by atoms with Gasteiger partial charge in [0.15, 0.2) is 0 Å². The summed E-state index contributed by atoms with van der Waals surface area (Å²) in [7, 11) is -3.91. The second-order valence-electron chi connectivity index (χ2n) is 7.31. The first-order chi connectivity index (χ1) is 16.3. The summed E-state index contributed by atoms with van der Waals surface area (Å²) >= 11 is 1.45. The first kappa shape index (κ1) is 23.5. The van der Waals surface area contributed by atoms with Crippen LogP contribution in [0.3, 0.4) is 0 Å². The number of hydrogen-bond acceptors (Lipinski definition) is 6. The highest BCUT2D eigenvalue weighted by atomic mass is 32.2. The van der Waals surface area contributed by atoms with Crippen molar-refractivity contribution in [1.82, 2.24) is 5.16 Å². The zero-order chi connectivity index (χ0) is 24.1. The van der Waals surface area contributed by atoms with Crippen molar-refractivity contribution in [1.29, 1.82) is 0 Å². The number of aryl methyl sites for hydroxylation is 1. The number of anilines is 2. The van der Waals surface area contributed by atoms with E-state index in [1.165, 1.54) is 54.2 Å². The fourth-order valence-electron chi connectivity index (χ4n) is 3.10. The summed E-state index contributed by atoms with van der Waals surface area (Å²) in [6.07, 6.45) is 0. The molecule has 0 spiro atoms. The Balaban J connectivity index is 1.44. The molecule has 0 saturated carbocycles. The minimum absolute atomic E-state index is 0.0203. The van der Waals surface area contributed by atoms with Gasteiger partial charge < -0.3 is 9.84 Å². The van der Waals surface area contributed by atoms with Gasteiger partial charge in [0.1, 0.15) is 11.6 Å². The Morgan fingerprint density at radius 2 is 1.76 bits per heavy atom. The molecular formula is C24H20FN3O4S2. The number of nitrogens with one attached hydrogen (secondary N) is 2. The van der Waals surface area contributed by atoms with Crippen molar-refractivity contribution in [2.75, 3.05) is 10.0 Å². The third-order valence-corrected chi connectivity index (χ3v) is 7.17. The van der Waals surface area contributed by atoms with E-state index in [0.29, 0.717) is 22.8 Å². The summed E-state index contributed by atoms with van der Waals surface area (Å²) in [5.41, 5.74) is 1.82. The second kappa shape index (κ2) is 10.1. The van der Waals surface area contributed by atoms with Crippen molar-refractivity contribution in [3.63, 3.8) is 0 Å². The summed E-state index contributed by atoms with van der Waals surface area (Å²) in [5, 5.41) is 6.65. The molecule has 3 aromatic carbocycles. The maximum Gasteiger partial charge on any atom is 0.261 e. The van der Waals surface area contributed by atoms with Crippen molar-refractivity contribution < 1.29 is 22.1 Å². The quantitative estimate of drug-likeness (QED) is 0.313. The molecule has 0 atom stereocenters. The van der Waals surface area contributed by atoms with Crippen LogP contribution in [0.1, 0.15) is 21.8 Å². The van der Waals surface area contributed by atoms with E-state index < -0.39 is 15.8 Å². The Morgan fingerprint density at radius 3 is 2.47 bits per heavy atom. The van der Waals surface area contributed by atoms with Crippen LogP contribution in [0, 0.1) is 12.7 Å². The number of hydrogen-bond donors (Lipinski definition) is 2. The molecule has 0 fully saturated rings. The number of amides is 1. The van der Waals surface area contributed by atoms with Gasteiger partial charge in [0, 0.05) is 16.6 Å². The number of halogens is 1. The molecule has 0 aliphatic heterocycles. The molecule has 0 aliphatic carbocycles. The molecule has 0 radical (unpaired) electrons. The molecule has 4 rings (SSSR count). The zero-order valence-electron chi connectivity index (χ0n) is 18.0. The monoisotopic (exact) mass is 497 g/mol. The lowest BCUT2D eigenvalue weighted by Crippen LogP contribution is -2.14. The molecule has 174 valence electrons. The summed E-state index contributed by atoms with van der Waals surface area (Å²) in [6, 6.07) is 19.9. The average molecular weight is 498 g/mol. The van der Waals surface area contributed by atoms with Crippen LogP contribution in [0.4, 0.5) is 15.8 Å². The van der Waals surface area contributed by atoms with Crippen molar-refractivity contribution in [2.24, 2.45) is 0 Å². The van der Waals surface area contributed by atoms with Crippen LogP contribution < -0.4 is 10.0 Å². The molecule has 0 bridgehead atoms. The number of carbonyl (C=O) groups is 1. The normalized spacial score (nSPS) is 11.2. The van der Waals surface area contributed by atoms with Crippen molar-refractivity contribution in [2.45, 2.75) is 22.5 Å². The molecule has 2 N–H and O–H groups in total. The standard InChI is InChI=1S/C24H20FN3O4S2/c1-16-13-20(32-27-16)15-33-23-8-3-2-7-22(23)24(29)26-18-9-11-21(12-10-18)34(30,31)28-19-6-4-5-17(25)14-19/h2-14,28H,15H2,1H3,(H,26,29). The summed E-state index contributed by atoms with van der Waals surface area (Å²) in [4.78, 5) is 13.6. The van der Waals surface area contributed by atoms with Gasteiger partial charge >= 0.3 is 0 Å². The minimum Gasteiger partial charge on any atom is -0.360 e. The third-order valence-electron chi connectivity index (χ3n) is 4.68. The lowest BCUT2D eigenvalue weighted by atomic mass is 10.2. The molecular weight excluding hydrogens is 477 g/mol. The van der Waals surface area contributed by atoms with Crippen LogP contribution in [0.2, 0.25) is 0 Å². The van der Waals surface area contributed by atoms with Gasteiger partial charge in [-0.25, -0.2) is 12.8 Å². The Kier molecular flexibility index (Phi) is 6.99. The van der Waals surface area contributed by atoms with E-state index in [1.807, 2.05) is 25.1 Å². The first-order valence-corrected chi connectivity index (χ1v) is 12.6. The summed E-state index contributed by atoms with van der Waals surface area (Å²) in [5.74, 6) is 0.357. The molecule has 1 amide bonds. The van der Waals surface area contributed by atoms with Crippen molar-refractivity contribution in [3.05, 3.63) is 102 Å². The van der Waals surface area contributed by atoms with Gasteiger partial charge in [0.05, 0.1) is 27.6 Å². The lowest BCUT2D eigenvalue weighted by Gasteiger charge is -2.11. The van der Waals surface area contributed by atoms with E-state index in [4.69, 9.17) is 4.52 Å². The molecule has 1 heterocycles. The maximum atomic E-state index is 13.3. The molecule has 4 aromatic rings. The fourth-order valence-corrected chi connectivity index (χ4v) is 5.07. The summed E-state index contributed by atoms with van der Waals surface area (Å²) < 4.78 is 46.0. The van der Waals surface area contributed by atoms with E-state index in [1.54, 1.807) is 12.1 Å². The Labute approximate surface area is 200 Å². The maximum absolute atomic E-state index is 13.3. The largest absolute Gasteiger partial charge is 0.360 e. The SMILES string of the molecule is Cc1cc(CSc2ccccc2C(=O)Nc2ccc(S(=O)(=O)Nc3cccc(F)c3)cc2)on1. The fraction of sp³-hybridized carbons (Fsp3) is 0.0833. The van der Waals surface area contributed by atoms with Crippen LogP contribution in [0.15, 0.2) is 93.2 Å². The smallest absolute Gasteiger partial charge is 0.261 e. The summed E-state index contributed by atoms with van der Waals surface area (Å²) in [6.45, 7) is 1.84. The van der Waals surface area contributed by atoms with E-state index in [-0.39, 0.29) is 16.5 Å². The van der Waals surface area contributed by atoms with Crippen LogP contribution >= 0.6 is 11.8 Å². The highest BCUT2D eigenvalue weighted by molar-refractivity contribution is 7.98. The zero-order valence-corrected chi connectivity index (χ0v) is 19.6. The van der Waals surface area contributed by atoms with Gasteiger partial charge in [0.25, 0.3) is 15.9 Å². The van der Waals surface area contributed by atoms with Crippen molar-refractivity contribution in [3.8, 4) is 0 Å². The van der Waals surface area contributed by atoms with Crippen LogP contribution in [0.25, 0.3) is 0 Å². The first-order valence-electron chi connectivity index (χ1n) is 10.1. The number of rotatable bonds is 8. The number of aromatic nitrogens is 1. The van der Waals surface area contributed by atoms with Gasteiger partial charge in [-0.1, -0.05) is 23.4 Å².